The second kappa shape index (κ2) is 7.01. The summed E-state index contributed by atoms with van der Waals surface area (Å²) in [5.74, 6) is -0.358. The Balaban J connectivity index is 1.81. The van der Waals surface area contributed by atoms with Crippen LogP contribution in [0.4, 0.5) is 11.4 Å². The molecule has 1 fully saturated rings. The summed E-state index contributed by atoms with van der Waals surface area (Å²) in [7, 11) is 0. The number of carbonyl (C=O) groups is 2. The monoisotopic (exact) mass is 379 g/mol. The summed E-state index contributed by atoms with van der Waals surface area (Å²) in [5, 5.41) is 3.31. The number of hydrogen-bond donors (Lipinski definition) is 1. The average molecular weight is 380 g/mol. The van der Waals surface area contributed by atoms with Crippen LogP contribution in [-0.2, 0) is 16.0 Å². The van der Waals surface area contributed by atoms with Crippen LogP contribution >= 0.6 is 15.9 Å². The van der Waals surface area contributed by atoms with E-state index < -0.39 is 0 Å². The van der Waals surface area contributed by atoms with E-state index in [9.17, 15) is 9.59 Å². The standard InChI is InChI=1S/C17H22BrN3O2/c1-12(22)21(16(23)5-9-20-7-2-3-8-20)15-11-14(18)10-13-4-6-19-17(13)15/h10-11,19H,2-9H2,1H3. The summed E-state index contributed by atoms with van der Waals surface area (Å²) in [6, 6.07) is 3.90. The van der Waals surface area contributed by atoms with Crippen molar-refractivity contribution in [1.82, 2.24) is 4.90 Å². The predicted molar refractivity (Wildman–Crippen MR) is 94.8 cm³/mol. The Labute approximate surface area is 145 Å². The van der Waals surface area contributed by atoms with Crippen LogP contribution in [0.1, 0.15) is 31.7 Å². The van der Waals surface area contributed by atoms with E-state index in [-0.39, 0.29) is 11.8 Å². The van der Waals surface area contributed by atoms with Crippen molar-refractivity contribution in [3.05, 3.63) is 22.2 Å². The Morgan fingerprint density at radius 1 is 1.30 bits per heavy atom. The van der Waals surface area contributed by atoms with Crippen molar-refractivity contribution in [3.63, 3.8) is 0 Å². The predicted octanol–water partition coefficient (Wildman–Crippen LogP) is 2.78. The number of nitrogens with one attached hydrogen (secondary N) is 1. The number of halogens is 1. The van der Waals surface area contributed by atoms with Crippen molar-refractivity contribution >= 4 is 39.1 Å². The summed E-state index contributed by atoms with van der Waals surface area (Å²) in [6.45, 7) is 5.14. The first-order chi connectivity index (χ1) is 11.1. The van der Waals surface area contributed by atoms with Gasteiger partial charge in [-0.1, -0.05) is 15.9 Å². The number of amides is 2. The van der Waals surface area contributed by atoms with Gasteiger partial charge in [0, 0.05) is 30.9 Å². The minimum atomic E-state index is -0.231. The number of likely N-dealkylation sites (tertiary alicyclic amines) is 1. The highest BCUT2D eigenvalue weighted by Crippen LogP contribution is 2.37. The lowest BCUT2D eigenvalue weighted by atomic mass is 10.1. The SMILES string of the molecule is CC(=O)N(C(=O)CCN1CCCC1)c1cc(Br)cc2c1NCC2. The fourth-order valence-corrected chi connectivity index (χ4v) is 3.89. The molecule has 6 heteroatoms. The fraction of sp³-hybridized carbons (Fsp3) is 0.529. The lowest BCUT2D eigenvalue weighted by Crippen LogP contribution is -2.37. The van der Waals surface area contributed by atoms with Gasteiger partial charge in [0.25, 0.3) is 0 Å². The van der Waals surface area contributed by atoms with Gasteiger partial charge in [0.15, 0.2) is 0 Å². The largest absolute Gasteiger partial charge is 0.383 e. The Hall–Kier alpha value is -1.40. The van der Waals surface area contributed by atoms with Crippen LogP contribution in [0.5, 0.6) is 0 Å². The van der Waals surface area contributed by atoms with Gasteiger partial charge in [0.1, 0.15) is 0 Å². The van der Waals surface area contributed by atoms with E-state index in [0.717, 1.165) is 48.3 Å². The average Bonchev–Trinajstić information content (AvgIpc) is 3.15. The molecular weight excluding hydrogens is 358 g/mol. The van der Waals surface area contributed by atoms with E-state index in [1.54, 1.807) is 0 Å². The Kier molecular flexibility index (Phi) is 5.02. The fourth-order valence-electron chi connectivity index (χ4n) is 3.40. The molecule has 0 bridgehead atoms. The molecule has 1 N–H and O–H groups in total. The first-order valence-corrected chi connectivity index (χ1v) is 8.98. The molecule has 23 heavy (non-hydrogen) atoms. The highest BCUT2D eigenvalue weighted by molar-refractivity contribution is 9.10. The Morgan fingerprint density at radius 2 is 2.04 bits per heavy atom. The first kappa shape index (κ1) is 16.5. The van der Waals surface area contributed by atoms with Crippen molar-refractivity contribution in [2.75, 3.05) is 36.4 Å². The third-order valence-electron chi connectivity index (χ3n) is 4.51. The van der Waals surface area contributed by atoms with E-state index in [1.165, 1.54) is 24.7 Å². The second-order valence-electron chi connectivity index (χ2n) is 6.18. The molecule has 124 valence electrons. The third-order valence-corrected chi connectivity index (χ3v) is 4.96. The molecule has 2 amide bonds. The van der Waals surface area contributed by atoms with Gasteiger partial charge < -0.3 is 10.2 Å². The molecule has 1 aromatic rings. The molecule has 5 nitrogen and oxygen atoms in total. The van der Waals surface area contributed by atoms with Crippen LogP contribution in [0.25, 0.3) is 0 Å². The third kappa shape index (κ3) is 3.58. The molecule has 0 aromatic heterocycles. The maximum Gasteiger partial charge on any atom is 0.235 e. The van der Waals surface area contributed by atoms with Crippen LogP contribution in [-0.4, -0.2) is 42.9 Å². The molecule has 1 saturated heterocycles. The lowest BCUT2D eigenvalue weighted by Gasteiger charge is -2.24. The second-order valence-corrected chi connectivity index (χ2v) is 7.10. The quantitative estimate of drug-likeness (QED) is 0.873. The molecule has 0 unspecified atom stereocenters. The summed E-state index contributed by atoms with van der Waals surface area (Å²) in [6.07, 6.45) is 3.69. The number of carbonyl (C=O) groups excluding carboxylic acids is 2. The summed E-state index contributed by atoms with van der Waals surface area (Å²) >= 11 is 3.49. The van der Waals surface area contributed by atoms with Gasteiger partial charge in [-0.05, 0) is 50.0 Å². The van der Waals surface area contributed by atoms with Crippen LogP contribution in [0, 0.1) is 0 Å². The van der Waals surface area contributed by atoms with Gasteiger partial charge in [-0.2, -0.15) is 0 Å². The number of nitrogens with zero attached hydrogens (tertiary/aromatic N) is 2. The normalized spacial score (nSPS) is 17.0. The molecule has 0 spiro atoms. The van der Waals surface area contributed by atoms with Gasteiger partial charge in [-0.3, -0.25) is 9.59 Å². The van der Waals surface area contributed by atoms with Gasteiger partial charge in [-0.25, -0.2) is 4.90 Å². The van der Waals surface area contributed by atoms with Crippen molar-refractivity contribution in [2.45, 2.75) is 32.6 Å². The smallest absolute Gasteiger partial charge is 0.235 e. The highest BCUT2D eigenvalue weighted by atomic mass is 79.9. The first-order valence-electron chi connectivity index (χ1n) is 8.18. The van der Waals surface area contributed by atoms with Gasteiger partial charge in [0.05, 0.1) is 11.4 Å². The van der Waals surface area contributed by atoms with E-state index in [0.29, 0.717) is 12.1 Å². The lowest BCUT2D eigenvalue weighted by molar-refractivity contribution is -0.125. The van der Waals surface area contributed by atoms with Crippen molar-refractivity contribution in [2.24, 2.45) is 0 Å². The molecule has 3 rings (SSSR count). The zero-order valence-electron chi connectivity index (χ0n) is 13.4. The molecule has 0 aliphatic carbocycles. The van der Waals surface area contributed by atoms with Crippen LogP contribution in [0.2, 0.25) is 0 Å². The molecule has 0 saturated carbocycles. The Bertz CT molecular complexity index is 627. The van der Waals surface area contributed by atoms with Crippen LogP contribution < -0.4 is 10.2 Å². The molecular formula is C17H22BrN3O2. The molecule has 2 aliphatic rings. The van der Waals surface area contributed by atoms with Gasteiger partial charge in [-0.15, -0.1) is 0 Å². The van der Waals surface area contributed by atoms with Crippen molar-refractivity contribution < 1.29 is 9.59 Å². The maximum atomic E-state index is 12.7. The topological polar surface area (TPSA) is 52.7 Å². The number of rotatable bonds is 4. The van der Waals surface area contributed by atoms with E-state index in [4.69, 9.17) is 0 Å². The van der Waals surface area contributed by atoms with Crippen LogP contribution in [0.15, 0.2) is 16.6 Å². The van der Waals surface area contributed by atoms with E-state index in [1.807, 2.05) is 12.1 Å². The Morgan fingerprint density at radius 3 is 2.74 bits per heavy atom. The van der Waals surface area contributed by atoms with E-state index >= 15 is 0 Å². The van der Waals surface area contributed by atoms with Crippen molar-refractivity contribution in [1.29, 1.82) is 0 Å². The molecule has 1 aromatic carbocycles. The maximum absolute atomic E-state index is 12.7. The molecule has 2 heterocycles. The number of anilines is 2. The minimum Gasteiger partial charge on any atom is -0.383 e. The number of hydrogen-bond acceptors (Lipinski definition) is 4. The number of benzene rings is 1. The van der Waals surface area contributed by atoms with Gasteiger partial charge in [0.2, 0.25) is 11.8 Å². The van der Waals surface area contributed by atoms with E-state index in [2.05, 4.69) is 26.1 Å². The number of fused-ring (bicyclic) bond motifs is 1. The molecule has 2 aliphatic heterocycles. The van der Waals surface area contributed by atoms with Crippen LogP contribution in [0.3, 0.4) is 0 Å². The minimum absolute atomic E-state index is 0.126. The number of imide groups is 1. The highest BCUT2D eigenvalue weighted by Gasteiger charge is 2.27. The zero-order chi connectivity index (χ0) is 16.4. The van der Waals surface area contributed by atoms with Gasteiger partial charge >= 0.3 is 0 Å². The summed E-state index contributed by atoms with van der Waals surface area (Å²) in [5.41, 5.74) is 2.73. The van der Waals surface area contributed by atoms with Crippen molar-refractivity contribution in [3.8, 4) is 0 Å². The summed E-state index contributed by atoms with van der Waals surface area (Å²) < 4.78 is 0.897. The summed E-state index contributed by atoms with van der Waals surface area (Å²) in [4.78, 5) is 28.5. The zero-order valence-corrected chi connectivity index (χ0v) is 15.0. The molecule has 0 radical (unpaired) electrons. The molecule has 0 atom stereocenters.